The number of rotatable bonds is 9. The van der Waals surface area contributed by atoms with Crippen molar-refractivity contribution in [1.82, 2.24) is 0 Å². The Morgan fingerprint density at radius 1 is 1.06 bits per heavy atom. The Labute approximate surface area is 104 Å². The van der Waals surface area contributed by atoms with E-state index in [1.54, 1.807) is 0 Å². The average Bonchev–Trinajstić information content (AvgIpc) is 2.30. The van der Waals surface area contributed by atoms with Crippen molar-refractivity contribution >= 4 is 5.97 Å². The normalized spacial score (nSPS) is 9.41. The minimum Gasteiger partial charge on any atom is -0.466 e. The van der Waals surface area contributed by atoms with Crippen molar-refractivity contribution < 1.29 is 24.1 Å². The number of ether oxygens (including phenoxy) is 3. The molecule has 0 spiro atoms. The Balaban J connectivity index is 0. The third-order valence-electron chi connectivity index (χ3n) is 1.61. The smallest absolute Gasteiger partial charge is 0.302 e. The molecule has 0 rings (SSSR count). The third-order valence-corrected chi connectivity index (χ3v) is 1.61. The highest BCUT2D eigenvalue weighted by Gasteiger charge is 1.88. The minimum atomic E-state index is -0.182. The van der Waals surface area contributed by atoms with E-state index >= 15 is 0 Å². The highest BCUT2D eigenvalue weighted by atomic mass is 16.5. The van der Waals surface area contributed by atoms with Gasteiger partial charge >= 0.3 is 5.97 Å². The van der Waals surface area contributed by atoms with E-state index in [4.69, 9.17) is 14.6 Å². The monoisotopic (exact) mass is 250 g/mol. The fourth-order valence-corrected chi connectivity index (χ4v) is 0.789. The zero-order valence-corrected chi connectivity index (χ0v) is 11.2. The third kappa shape index (κ3) is 25.5. The van der Waals surface area contributed by atoms with Gasteiger partial charge in [-0.05, 0) is 13.3 Å². The molecule has 17 heavy (non-hydrogen) atoms. The Morgan fingerprint density at radius 3 is 2.18 bits per heavy atom. The summed E-state index contributed by atoms with van der Waals surface area (Å²) in [6.45, 7) is 8.42. The first-order valence-electron chi connectivity index (χ1n) is 6.08. The molecule has 104 valence electrons. The molecule has 0 bridgehead atoms. The molecule has 0 aromatic heterocycles. The van der Waals surface area contributed by atoms with E-state index in [0.717, 1.165) is 19.4 Å². The molecule has 5 nitrogen and oxygen atoms in total. The lowest BCUT2D eigenvalue weighted by Crippen LogP contribution is -2.06. The fourth-order valence-electron chi connectivity index (χ4n) is 0.789. The minimum absolute atomic E-state index is 0.0894. The number of unbranched alkanes of at least 4 members (excludes halogenated alkanes) is 1. The lowest BCUT2D eigenvalue weighted by Gasteiger charge is -2.00. The molecule has 0 fully saturated rings. The molecule has 1 N–H and O–H groups in total. The number of esters is 1. The van der Waals surface area contributed by atoms with Gasteiger partial charge in [-0.1, -0.05) is 13.3 Å². The quantitative estimate of drug-likeness (QED) is 0.495. The second-order valence-electron chi connectivity index (χ2n) is 3.23. The SMILES string of the molecule is CCCCOC(C)=O.CCOCCOCCO. The van der Waals surface area contributed by atoms with Crippen LogP contribution in [0.2, 0.25) is 0 Å². The van der Waals surface area contributed by atoms with Crippen LogP contribution < -0.4 is 0 Å². The summed E-state index contributed by atoms with van der Waals surface area (Å²) in [5.74, 6) is -0.182. The second-order valence-corrected chi connectivity index (χ2v) is 3.23. The zero-order valence-electron chi connectivity index (χ0n) is 11.2. The van der Waals surface area contributed by atoms with Crippen LogP contribution in [0.25, 0.3) is 0 Å². The summed E-state index contributed by atoms with van der Waals surface area (Å²) in [5.41, 5.74) is 0. The van der Waals surface area contributed by atoms with Crippen molar-refractivity contribution in [2.45, 2.75) is 33.6 Å². The van der Waals surface area contributed by atoms with Crippen LogP contribution in [-0.2, 0) is 19.0 Å². The van der Waals surface area contributed by atoms with Gasteiger partial charge in [0, 0.05) is 13.5 Å². The van der Waals surface area contributed by atoms with Crippen molar-refractivity contribution in [2.75, 3.05) is 39.6 Å². The number of hydrogen-bond acceptors (Lipinski definition) is 5. The number of carbonyl (C=O) groups is 1. The number of hydrogen-bond donors (Lipinski definition) is 1. The Bertz CT molecular complexity index is 144. The summed E-state index contributed by atoms with van der Waals surface area (Å²) in [6.07, 6.45) is 2.05. The predicted molar refractivity (Wildman–Crippen MR) is 65.9 cm³/mol. The molecule has 5 heteroatoms. The first-order chi connectivity index (χ1) is 8.18. The van der Waals surface area contributed by atoms with E-state index in [9.17, 15) is 4.79 Å². The van der Waals surface area contributed by atoms with Crippen molar-refractivity contribution in [3.8, 4) is 0 Å². The van der Waals surface area contributed by atoms with E-state index in [0.29, 0.717) is 26.4 Å². The van der Waals surface area contributed by atoms with Gasteiger partial charge in [-0.25, -0.2) is 0 Å². The molecular weight excluding hydrogens is 224 g/mol. The van der Waals surface area contributed by atoms with Crippen LogP contribution in [0.4, 0.5) is 0 Å². The van der Waals surface area contributed by atoms with Crippen molar-refractivity contribution in [3.05, 3.63) is 0 Å². The Morgan fingerprint density at radius 2 is 1.71 bits per heavy atom. The fraction of sp³-hybridized carbons (Fsp3) is 0.917. The van der Waals surface area contributed by atoms with E-state index in [-0.39, 0.29) is 12.6 Å². The highest BCUT2D eigenvalue weighted by molar-refractivity contribution is 5.65. The molecule has 0 aromatic rings. The Kier molecular flexibility index (Phi) is 19.5. The van der Waals surface area contributed by atoms with Gasteiger partial charge in [-0.15, -0.1) is 0 Å². The summed E-state index contributed by atoms with van der Waals surface area (Å²) in [4.78, 5) is 10.1. The molecule has 0 radical (unpaired) electrons. The van der Waals surface area contributed by atoms with Crippen LogP contribution in [0.5, 0.6) is 0 Å². The van der Waals surface area contributed by atoms with Gasteiger partial charge in [-0.3, -0.25) is 4.79 Å². The number of aliphatic hydroxyl groups excluding tert-OH is 1. The largest absolute Gasteiger partial charge is 0.466 e. The molecule has 0 aliphatic rings. The molecule has 0 atom stereocenters. The summed E-state index contributed by atoms with van der Waals surface area (Å²) < 4.78 is 14.5. The van der Waals surface area contributed by atoms with Gasteiger partial charge in [0.05, 0.1) is 33.0 Å². The van der Waals surface area contributed by atoms with Gasteiger partial charge in [-0.2, -0.15) is 0 Å². The predicted octanol–water partition coefficient (Wildman–Crippen LogP) is 1.38. The van der Waals surface area contributed by atoms with E-state index in [2.05, 4.69) is 11.7 Å². The maximum absolute atomic E-state index is 10.1. The van der Waals surface area contributed by atoms with Crippen molar-refractivity contribution in [3.63, 3.8) is 0 Å². The van der Waals surface area contributed by atoms with Gasteiger partial charge in [0.2, 0.25) is 0 Å². The Hall–Kier alpha value is -0.650. The zero-order chi connectivity index (χ0) is 13.4. The van der Waals surface area contributed by atoms with Gasteiger partial charge in [0.15, 0.2) is 0 Å². The average molecular weight is 250 g/mol. The molecule has 0 aliphatic heterocycles. The van der Waals surface area contributed by atoms with E-state index in [1.165, 1.54) is 6.92 Å². The molecule has 0 heterocycles. The van der Waals surface area contributed by atoms with Gasteiger partial charge in [0.1, 0.15) is 0 Å². The van der Waals surface area contributed by atoms with Crippen molar-refractivity contribution in [2.24, 2.45) is 0 Å². The molecule has 0 saturated carbocycles. The summed E-state index contributed by atoms with van der Waals surface area (Å²) in [7, 11) is 0. The standard InChI is InChI=1S/C6H14O3.C6H12O2/c1-2-8-5-6-9-4-3-7;1-3-4-5-8-6(2)7/h7H,2-6H2,1H3;3-5H2,1-2H3. The molecule has 0 saturated heterocycles. The topological polar surface area (TPSA) is 65.0 Å². The molecular formula is C12H26O5. The first-order valence-corrected chi connectivity index (χ1v) is 6.08. The molecule has 0 unspecified atom stereocenters. The molecule has 0 aliphatic carbocycles. The number of carbonyl (C=O) groups excluding carboxylic acids is 1. The van der Waals surface area contributed by atoms with Gasteiger partial charge < -0.3 is 19.3 Å². The van der Waals surface area contributed by atoms with E-state index in [1.807, 2.05) is 6.92 Å². The summed E-state index contributed by atoms with van der Waals surface area (Å²) in [6, 6.07) is 0. The maximum atomic E-state index is 10.1. The van der Waals surface area contributed by atoms with Crippen LogP contribution >= 0.6 is 0 Å². The van der Waals surface area contributed by atoms with Crippen LogP contribution in [0.3, 0.4) is 0 Å². The first kappa shape index (κ1) is 18.7. The highest BCUT2D eigenvalue weighted by Crippen LogP contribution is 1.86. The van der Waals surface area contributed by atoms with Crippen LogP contribution in [0.15, 0.2) is 0 Å². The van der Waals surface area contributed by atoms with Crippen molar-refractivity contribution in [1.29, 1.82) is 0 Å². The summed E-state index contributed by atoms with van der Waals surface area (Å²) in [5, 5.41) is 8.26. The van der Waals surface area contributed by atoms with Crippen LogP contribution in [0, 0.1) is 0 Å². The summed E-state index contributed by atoms with van der Waals surface area (Å²) >= 11 is 0. The second kappa shape index (κ2) is 17.7. The lowest BCUT2D eigenvalue weighted by atomic mass is 10.4. The maximum Gasteiger partial charge on any atom is 0.302 e. The van der Waals surface area contributed by atoms with E-state index < -0.39 is 0 Å². The molecule has 0 amide bonds. The van der Waals surface area contributed by atoms with Crippen LogP contribution in [0.1, 0.15) is 33.6 Å². The van der Waals surface area contributed by atoms with Crippen LogP contribution in [-0.4, -0.2) is 50.7 Å². The molecule has 0 aromatic carbocycles. The van der Waals surface area contributed by atoms with Gasteiger partial charge in [0.25, 0.3) is 0 Å². The lowest BCUT2D eigenvalue weighted by molar-refractivity contribution is -0.141. The number of aliphatic hydroxyl groups is 1.